The van der Waals surface area contributed by atoms with Gasteiger partial charge < -0.3 is 10.2 Å². The second kappa shape index (κ2) is 6.61. The molecule has 1 aliphatic heterocycles. The second-order valence-corrected chi connectivity index (χ2v) is 9.52. The summed E-state index contributed by atoms with van der Waals surface area (Å²) in [5.74, 6) is 0.179. The summed E-state index contributed by atoms with van der Waals surface area (Å²) in [6, 6.07) is 7.94. The Bertz CT molecular complexity index is 666. The molecule has 0 saturated carbocycles. The van der Waals surface area contributed by atoms with Crippen molar-refractivity contribution in [2.24, 2.45) is 0 Å². The lowest BCUT2D eigenvalue weighted by atomic mass is 10.1. The Kier molecular flexibility index (Phi) is 5.16. The molecule has 1 atom stereocenters. The molecule has 1 amide bonds. The number of anilines is 1. The van der Waals surface area contributed by atoms with Crippen molar-refractivity contribution in [2.75, 3.05) is 24.2 Å². The van der Waals surface area contributed by atoms with E-state index < -0.39 is 14.6 Å². The van der Waals surface area contributed by atoms with Gasteiger partial charge in [0.1, 0.15) is 0 Å². The number of carbonyl (C=O) groups is 1. The molecule has 1 fully saturated rings. The predicted molar refractivity (Wildman–Crippen MR) is 93.4 cm³/mol. The van der Waals surface area contributed by atoms with E-state index in [1.165, 1.54) is 6.26 Å². The molecule has 0 aromatic heterocycles. The van der Waals surface area contributed by atoms with Crippen LogP contribution in [0.15, 0.2) is 24.3 Å². The smallest absolute Gasteiger partial charge is 0.227 e. The quantitative estimate of drug-likeness (QED) is 0.864. The third-order valence-electron chi connectivity index (χ3n) is 4.62. The van der Waals surface area contributed by atoms with Crippen molar-refractivity contribution in [1.82, 2.24) is 5.32 Å². The molecule has 1 aliphatic rings. The Morgan fingerprint density at radius 1 is 1.26 bits per heavy atom. The lowest BCUT2D eigenvalue weighted by Gasteiger charge is -2.26. The van der Waals surface area contributed by atoms with Crippen molar-refractivity contribution in [3.05, 3.63) is 29.8 Å². The van der Waals surface area contributed by atoms with Crippen molar-refractivity contribution in [2.45, 2.75) is 44.4 Å². The van der Waals surface area contributed by atoms with E-state index in [1.807, 2.05) is 36.1 Å². The number of benzene rings is 1. The maximum Gasteiger partial charge on any atom is 0.227 e. The average molecular weight is 338 g/mol. The van der Waals surface area contributed by atoms with E-state index >= 15 is 0 Å². The van der Waals surface area contributed by atoms with Crippen molar-refractivity contribution in [3.63, 3.8) is 0 Å². The lowest BCUT2D eigenvalue weighted by Crippen LogP contribution is -2.42. The second-order valence-electron chi connectivity index (χ2n) is 6.87. The molecule has 23 heavy (non-hydrogen) atoms. The SMILES string of the molecule is C[C@@H](NCC(C)(C)S(C)(=O)=O)c1ccc(N2CCCC2=O)cc1. The molecule has 0 spiro atoms. The topological polar surface area (TPSA) is 66.5 Å². The molecule has 5 nitrogen and oxygen atoms in total. The highest BCUT2D eigenvalue weighted by Crippen LogP contribution is 2.24. The van der Waals surface area contributed by atoms with E-state index in [0.29, 0.717) is 13.0 Å². The summed E-state index contributed by atoms with van der Waals surface area (Å²) in [4.78, 5) is 13.6. The Labute approximate surface area is 139 Å². The maximum atomic E-state index is 11.8. The van der Waals surface area contributed by atoms with E-state index in [0.717, 1.165) is 24.2 Å². The highest BCUT2D eigenvalue weighted by molar-refractivity contribution is 7.92. The third kappa shape index (κ3) is 4.12. The predicted octanol–water partition coefficient (Wildman–Crippen LogP) is 2.29. The van der Waals surface area contributed by atoms with Crippen LogP contribution in [0.5, 0.6) is 0 Å². The van der Waals surface area contributed by atoms with Gasteiger partial charge >= 0.3 is 0 Å². The molecule has 2 rings (SSSR count). The van der Waals surface area contributed by atoms with Gasteiger partial charge in [-0.3, -0.25) is 4.79 Å². The van der Waals surface area contributed by atoms with E-state index in [4.69, 9.17) is 0 Å². The zero-order valence-electron chi connectivity index (χ0n) is 14.3. The van der Waals surface area contributed by atoms with Gasteiger partial charge in [0, 0.05) is 37.5 Å². The van der Waals surface area contributed by atoms with Gasteiger partial charge in [0.15, 0.2) is 9.84 Å². The number of hydrogen-bond acceptors (Lipinski definition) is 4. The van der Waals surface area contributed by atoms with E-state index in [9.17, 15) is 13.2 Å². The van der Waals surface area contributed by atoms with Crippen molar-refractivity contribution in [1.29, 1.82) is 0 Å². The molecule has 0 aliphatic carbocycles. The maximum absolute atomic E-state index is 11.8. The van der Waals surface area contributed by atoms with Crippen LogP contribution < -0.4 is 10.2 Å². The first-order valence-corrected chi connectivity index (χ1v) is 9.84. The Hall–Kier alpha value is -1.40. The molecular weight excluding hydrogens is 312 g/mol. The molecule has 0 radical (unpaired) electrons. The normalized spacial score (nSPS) is 17.6. The molecule has 128 valence electrons. The summed E-state index contributed by atoms with van der Waals surface area (Å²) in [6.45, 7) is 6.64. The largest absolute Gasteiger partial charge is 0.312 e. The molecule has 6 heteroatoms. The van der Waals surface area contributed by atoms with Gasteiger partial charge in [0.2, 0.25) is 5.91 Å². The van der Waals surface area contributed by atoms with Crippen LogP contribution in [0.2, 0.25) is 0 Å². The fourth-order valence-electron chi connectivity index (χ4n) is 2.51. The molecule has 0 unspecified atom stereocenters. The van der Waals surface area contributed by atoms with E-state index in [2.05, 4.69) is 5.32 Å². The lowest BCUT2D eigenvalue weighted by molar-refractivity contribution is -0.117. The molecular formula is C17H26N2O3S. The van der Waals surface area contributed by atoms with Gasteiger partial charge in [-0.05, 0) is 44.9 Å². The number of nitrogens with zero attached hydrogens (tertiary/aromatic N) is 1. The van der Waals surface area contributed by atoms with Crippen LogP contribution in [-0.2, 0) is 14.6 Å². The summed E-state index contributed by atoms with van der Waals surface area (Å²) in [7, 11) is -3.11. The number of rotatable bonds is 6. The monoisotopic (exact) mass is 338 g/mol. The molecule has 0 bridgehead atoms. The number of amides is 1. The fourth-order valence-corrected chi connectivity index (χ4v) is 2.86. The summed E-state index contributed by atoms with van der Waals surface area (Å²) >= 11 is 0. The fraction of sp³-hybridized carbons (Fsp3) is 0.588. The average Bonchev–Trinajstić information content (AvgIpc) is 2.90. The van der Waals surface area contributed by atoms with Crippen molar-refractivity contribution < 1.29 is 13.2 Å². The summed E-state index contributed by atoms with van der Waals surface area (Å²) in [6.07, 6.45) is 2.81. The molecule has 1 N–H and O–H groups in total. The van der Waals surface area contributed by atoms with Crippen LogP contribution >= 0.6 is 0 Å². The van der Waals surface area contributed by atoms with Gasteiger partial charge in [-0.2, -0.15) is 0 Å². The van der Waals surface area contributed by atoms with Gasteiger partial charge in [-0.1, -0.05) is 12.1 Å². The zero-order chi connectivity index (χ0) is 17.3. The van der Waals surface area contributed by atoms with Crippen LogP contribution in [-0.4, -0.2) is 38.4 Å². The Balaban J connectivity index is 2.00. The van der Waals surface area contributed by atoms with Crippen LogP contribution in [0.3, 0.4) is 0 Å². The van der Waals surface area contributed by atoms with Gasteiger partial charge in [-0.25, -0.2) is 8.42 Å². The highest BCUT2D eigenvalue weighted by Gasteiger charge is 2.30. The minimum atomic E-state index is -3.11. The number of sulfone groups is 1. The first-order chi connectivity index (χ1) is 10.6. The van der Waals surface area contributed by atoms with Gasteiger partial charge in [0.25, 0.3) is 0 Å². The van der Waals surface area contributed by atoms with Crippen LogP contribution in [0.1, 0.15) is 45.2 Å². The van der Waals surface area contributed by atoms with E-state index in [1.54, 1.807) is 13.8 Å². The summed E-state index contributed by atoms with van der Waals surface area (Å²) in [5.41, 5.74) is 2.00. The van der Waals surface area contributed by atoms with Crippen LogP contribution in [0.25, 0.3) is 0 Å². The first-order valence-electron chi connectivity index (χ1n) is 7.95. The first kappa shape index (κ1) is 17.9. The Morgan fingerprint density at radius 3 is 2.35 bits per heavy atom. The Morgan fingerprint density at radius 2 is 1.87 bits per heavy atom. The molecule has 1 aromatic carbocycles. The number of carbonyl (C=O) groups excluding carboxylic acids is 1. The third-order valence-corrected chi connectivity index (χ3v) is 6.77. The minimum Gasteiger partial charge on any atom is -0.312 e. The standard InChI is InChI=1S/C17H26N2O3S/c1-13(18-12-17(2,3)23(4,21)22)14-7-9-15(10-8-14)19-11-5-6-16(19)20/h7-10,13,18H,5-6,11-12H2,1-4H3/t13-/m1/s1. The summed E-state index contributed by atoms with van der Waals surface area (Å²) < 4.78 is 22.7. The zero-order valence-corrected chi connectivity index (χ0v) is 15.1. The number of hydrogen-bond donors (Lipinski definition) is 1. The van der Waals surface area contributed by atoms with E-state index in [-0.39, 0.29) is 11.9 Å². The summed E-state index contributed by atoms with van der Waals surface area (Å²) in [5, 5.41) is 3.28. The van der Waals surface area contributed by atoms with Crippen molar-refractivity contribution >= 4 is 21.4 Å². The van der Waals surface area contributed by atoms with Crippen LogP contribution in [0, 0.1) is 0 Å². The molecule has 1 saturated heterocycles. The number of nitrogens with one attached hydrogen (secondary N) is 1. The molecule has 1 heterocycles. The van der Waals surface area contributed by atoms with Gasteiger partial charge in [0.05, 0.1) is 4.75 Å². The minimum absolute atomic E-state index is 0.0411. The van der Waals surface area contributed by atoms with Gasteiger partial charge in [-0.15, -0.1) is 0 Å². The molecule has 1 aromatic rings. The highest BCUT2D eigenvalue weighted by atomic mass is 32.2. The van der Waals surface area contributed by atoms with Crippen molar-refractivity contribution in [3.8, 4) is 0 Å². The van der Waals surface area contributed by atoms with Crippen LogP contribution in [0.4, 0.5) is 5.69 Å².